The molecule has 0 spiro atoms. The Bertz CT molecular complexity index is 1340. The molecule has 0 aliphatic rings. The summed E-state index contributed by atoms with van der Waals surface area (Å²) in [5.41, 5.74) is 1.17. The summed E-state index contributed by atoms with van der Waals surface area (Å²) in [6.45, 7) is 2.32. The van der Waals surface area contributed by atoms with Crippen LogP contribution in [-0.2, 0) is 10.0 Å². The monoisotopic (exact) mass is 437 g/mol. The van der Waals surface area contributed by atoms with Gasteiger partial charge >= 0.3 is 5.97 Å². The van der Waals surface area contributed by atoms with Gasteiger partial charge in [-0.1, -0.05) is 30.3 Å². The van der Waals surface area contributed by atoms with Gasteiger partial charge in [-0.3, -0.25) is 4.72 Å². The first-order chi connectivity index (χ1) is 14.9. The van der Waals surface area contributed by atoms with Crippen molar-refractivity contribution in [2.45, 2.75) is 11.8 Å². The zero-order valence-corrected chi connectivity index (χ0v) is 17.3. The van der Waals surface area contributed by atoms with E-state index >= 15 is 0 Å². The fourth-order valence-electron chi connectivity index (χ4n) is 3.26. The molecule has 0 radical (unpaired) electrons. The van der Waals surface area contributed by atoms with Gasteiger partial charge in [-0.15, -0.1) is 0 Å². The normalized spacial score (nSPS) is 11.4. The molecular formula is C23H19NO6S. The summed E-state index contributed by atoms with van der Waals surface area (Å²) >= 11 is 0. The van der Waals surface area contributed by atoms with Gasteiger partial charge < -0.3 is 14.3 Å². The number of hydrogen-bond acceptors (Lipinski definition) is 5. The van der Waals surface area contributed by atoms with Crippen molar-refractivity contribution in [2.24, 2.45) is 0 Å². The number of fused-ring (bicyclic) bond motifs is 1. The second kappa shape index (κ2) is 8.16. The predicted octanol–water partition coefficient (Wildman–Crippen LogP) is 5.00. The van der Waals surface area contributed by atoms with E-state index in [2.05, 4.69) is 4.72 Å². The number of carboxylic acids is 1. The Morgan fingerprint density at radius 3 is 2.39 bits per heavy atom. The summed E-state index contributed by atoms with van der Waals surface area (Å²) in [6, 6.07) is 19.5. The Balaban J connectivity index is 1.72. The average Bonchev–Trinajstić information content (AvgIpc) is 3.14. The topological polar surface area (TPSA) is 106 Å². The van der Waals surface area contributed by atoms with Crippen molar-refractivity contribution in [1.29, 1.82) is 0 Å². The van der Waals surface area contributed by atoms with E-state index in [1.54, 1.807) is 42.5 Å². The maximum atomic E-state index is 12.8. The van der Waals surface area contributed by atoms with Crippen LogP contribution in [0.3, 0.4) is 0 Å². The molecule has 4 aromatic rings. The van der Waals surface area contributed by atoms with Gasteiger partial charge in [0.15, 0.2) is 0 Å². The molecule has 0 aliphatic carbocycles. The molecule has 31 heavy (non-hydrogen) atoms. The third kappa shape index (κ3) is 4.10. The maximum absolute atomic E-state index is 12.8. The molecule has 0 fully saturated rings. The van der Waals surface area contributed by atoms with Gasteiger partial charge in [-0.2, -0.15) is 0 Å². The lowest BCUT2D eigenvalue weighted by atomic mass is 10.1. The van der Waals surface area contributed by atoms with Gasteiger partial charge in [0.05, 0.1) is 11.5 Å². The Morgan fingerprint density at radius 1 is 1.03 bits per heavy atom. The van der Waals surface area contributed by atoms with E-state index in [0.717, 1.165) is 0 Å². The Kier molecular flexibility index (Phi) is 5.39. The smallest absolute Gasteiger partial charge is 0.340 e. The number of furan rings is 1. The zero-order valence-electron chi connectivity index (χ0n) is 16.5. The molecule has 2 N–H and O–H groups in total. The highest BCUT2D eigenvalue weighted by Gasteiger charge is 2.23. The number of aromatic carboxylic acids is 1. The molecule has 1 aromatic heterocycles. The van der Waals surface area contributed by atoms with Crippen LogP contribution >= 0.6 is 0 Å². The Labute approximate surface area is 178 Å². The number of nitrogens with one attached hydrogen (secondary N) is 1. The highest BCUT2D eigenvalue weighted by molar-refractivity contribution is 7.92. The quantitative estimate of drug-likeness (QED) is 0.422. The van der Waals surface area contributed by atoms with Crippen molar-refractivity contribution in [2.75, 3.05) is 11.3 Å². The molecule has 1 heterocycles. The molecule has 0 saturated heterocycles. The molecule has 8 heteroatoms. The van der Waals surface area contributed by atoms with E-state index in [1.807, 2.05) is 13.0 Å². The second-order valence-corrected chi connectivity index (χ2v) is 8.38. The van der Waals surface area contributed by atoms with E-state index in [-0.39, 0.29) is 21.9 Å². The Hall–Kier alpha value is -3.78. The Morgan fingerprint density at radius 2 is 1.74 bits per heavy atom. The largest absolute Gasteiger partial charge is 0.494 e. The van der Waals surface area contributed by atoms with Crippen LogP contribution in [0.2, 0.25) is 0 Å². The van der Waals surface area contributed by atoms with Gasteiger partial charge in [-0.25, -0.2) is 13.2 Å². The number of sulfonamides is 1. The third-order valence-corrected chi connectivity index (χ3v) is 6.03. The lowest BCUT2D eigenvalue weighted by Gasteiger charge is -2.09. The van der Waals surface area contributed by atoms with Crippen molar-refractivity contribution in [3.05, 3.63) is 78.4 Å². The fraction of sp³-hybridized carbons (Fsp3) is 0.0870. The minimum atomic E-state index is -3.88. The minimum Gasteiger partial charge on any atom is -0.494 e. The number of ether oxygens (including phenoxy) is 1. The van der Waals surface area contributed by atoms with Crippen LogP contribution in [0.5, 0.6) is 5.75 Å². The lowest BCUT2D eigenvalue weighted by molar-refractivity contribution is 0.0699. The molecule has 3 aromatic carbocycles. The van der Waals surface area contributed by atoms with Crippen LogP contribution < -0.4 is 9.46 Å². The predicted molar refractivity (Wildman–Crippen MR) is 117 cm³/mol. The first-order valence-electron chi connectivity index (χ1n) is 9.50. The summed E-state index contributed by atoms with van der Waals surface area (Å²) in [6.07, 6.45) is 0. The summed E-state index contributed by atoms with van der Waals surface area (Å²) < 4.78 is 39.1. The van der Waals surface area contributed by atoms with Gasteiger partial charge in [0.25, 0.3) is 10.0 Å². The number of anilines is 1. The summed E-state index contributed by atoms with van der Waals surface area (Å²) in [7, 11) is -3.88. The van der Waals surface area contributed by atoms with Crippen molar-refractivity contribution < 1.29 is 27.5 Å². The highest BCUT2D eigenvalue weighted by atomic mass is 32.2. The van der Waals surface area contributed by atoms with E-state index in [4.69, 9.17) is 9.15 Å². The van der Waals surface area contributed by atoms with E-state index in [1.165, 1.54) is 24.3 Å². The SMILES string of the molecule is CCOc1ccc(S(=O)(=O)Nc2ccc3oc(-c4ccccc4)c(C(=O)O)c3c2)cc1. The van der Waals surface area contributed by atoms with Crippen LogP contribution in [0.15, 0.2) is 82.1 Å². The van der Waals surface area contributed by atoms with Crippen molar-refractivity contribution >= 4 is 32.6 Å². The molecule has 0 atom stereocenters. The minimum absolute atomic E-state index is 0.0247. The number of benzene rings is 3. The molecule has 7 nitrogen and oxygen atoms in total. The molecule has 0 saturated carbocycles. The number of carbonyl (C=O) groups is 1. The van der Waals surface area contributed by atoms with Crippen LogP contribution in [0.1, 0.15) is 17.3 Å². The van der Waals surface area contributed by atoms with E-state index in [9.17, 15) is 18.3 Å². The molecular weight excluding hydrogens is 418 g/mol. The number of hydrogen-bond donors (Lipinski definition) is 2. The summed E-state index contributed by atoms with van der Waals surface area (Å²) in [4.78, 5) is 12.0. The van der Waals surface area contributed by atoms with Crippen LogP contribution in [0, 0.1) is 0 Å². The van der Waals surface area contributed by atoms with Crippen molar-refractivity contribution in [1.82, 2.24) is 0 Å². The van der Waals surface area contributed by atoms with Crippen LogP contribution in [0.25, 0.3) is 22.3 Å². The third-order valence-electron chi connectivity index (χ3n) is 4.64. The second-order valence-electron chi connectivity index (χ2n) is 6.70. The first kappa shape index (κ1) is 20.5. The first-order valence-corrected chi connectivity index (χ1v) is 11.0. The van der Waals surface area contributed by atoms with Crippen LogP contribution in [0.4, 0.5) is 5.69 Å². The van der Waals surface area contributed by atoms with Crippen molar-refractivity contribution in [3.63, 3.8) is 0 Å². The average molecular weight is 437 g/mol. The maximum Gasteiger partial charge on any atom is 0.340 e. The fourth-order valence-corrected chi connectivity index (χ4v) is 4.31. The van der Waals surface area contributed by atoms with E-state index in [0.29, 0.717) is 28.9 Å². The van der Waals surface area contributed by atoms with Gasteiger partial charge in [0.2, 0.25) is 0 Å². The van der Waals surface area contributed by atoms with Gasteiger partial charge in [0, 0.05) is 16.6 Å². The molecule has 0 unspecified atom stereocenters. The number of rotatable bonds is 7. The zero-order chi connectivity index (χ0) is 22.0. The molecule has 0 aliphatic heterocycles. The van der Waals surface area contributed by atoms with Gasteiger partial charge in [-0.05, 0) is 49.4 Å². The molecule has 158 valence electrons. The van der Waals surface area contributed by atoms with Crippen LogP contribution in [-0.4, -0.2) is 26.1 Å². The van der Waals surface area contributed by atoms with Crippen molar-refractivity contribution in [3.8, 4) is 17.1 Å². The lowest BCUT2D eigenvalue weighted by Crippen LogP contribution is -2.12. The molecule has 4 rings (SSSR count). The van der Waals surface area contributed by atoms with E-state index < -0.39 is 16.0 Å². The number of carboxylic acid groups (broad SMARTS) is 1. The standard InChI is InChI=1S/C23H19NO6S/c1-2-29-17-9-11-18(12-10-17)31(27,28)24-16-8-13-20-19(14-16)21(23(25)26)22(30-20)15-6-4-3-5-7-15/h3-14,24H,2H2,1H3,(H,25,26). The highest BCUT2D eigenvalue weighted by Crippen LogP contribution is 2.35. The summed E-state index contributed by atoms with van der Waals surface area (Å²) in [5.74, 6) is -0.375. The molecule has 0 bridgehead atoms. The van der Waals surface area contributed by atoms with Gasteiger partial charge in [0.1, 0.15) is 22.7 Å². The summed E-state index contributed by atoms with van der Waals surface area (Å²) in [5, 5.41) is 10.1. The molecule has 0 amide bonds.